The molecule has 0 N–H and O–H groups in total. The molecule has 0 spiro atoms. The molecule has 1 fully saturated rings. The molecule has 2 heterocycles. The largest absolute Gasteiger partial charge is 0.497 e. The van der Waals surface area contributed by atoms with E-state index in [2.05, 4.69) is 33.9 Å². The number of benzene rings is 1. The molecule has 3 rings (SSSR count). The summed E-state index contributed by atoms with van der Waals surface area (Å²) in [7, 11) is -0.434. The van der Waals surface area contributed by atoms with Crippen molar-refractivity contribution >= 4 is 14.3 Å². The zero-order chi connectivity index (χ0) is 28.2. The lowest BCUT2D eigenvalue weighted by Gasteiger charge is -2.40. The van der Waals surface area contributed by atoms with Crippen molar-refractivity contribution in [2.75, 3.05) is 13.7 Å². The molecule has 0 aromatic heterocycles. The van der Waals surface area contributed by atoms with Crippen LogP contribution in [0.1, 0.15) is 59.9 Å². The Hall–Kier alpha value is -1.97. The van der Waals surface area contributed by atoms with Crippen molar-refractivity contribution in [3.8, 4) is 5.75 Å². The molecule has 0 unspecified atom stereocenters. The minimum absolute atomic E-state index is 0.0507. The third-order valence-corrected chi connectivity index (χ3v) is 12.1. The average Bonchev–Trinajstić information content (AvgIpc) is 3.05. The summed E-state index contributed by atoms with van der Waals surface area (Å²) >= 11 is 0. The second-order valence-electron chi connectivity index (χ2n) is 12.4. The van der Waals surface area contributed by atoms with E-state index in [-0.39, 0.29) is 29.3 Å². The van der Waals surface area contributed by atoms with Gasteiger partial charge in [0, 0.05) is 18.9 Å². The lowest BCUT2D eigenvalue weighted by Crippen LogP contribution is -2.47. The fourth-order valence-electron chi connectivity index (χ4n) is 4.47. The van der Waals surface area contributed by atoms with Crippen LogP contribution in [0.4, 0.5) is 0 Å². The molecular formula is C30H46O7Si. The number of carbonyl (C=O) groups excluding carboxylic acids is 1. The first-order valence-electron chi connectivity index (χ1n) is 13.5. The van der Waals surface area contributed by atoms with E-state index in [1.165, 1.54) is 6.08 Å². The molecule has 0 bridgehead atoms. The highest BCUT2D eigenvalue weighted by atomic mass is 28.4. The Bertz CT molecular complexity index is 993. The Morgan fingerprint density at radius 2 is 1.84 bits per heavy atom. The van der Waals surface area contributed by atoms with Gasteiger partial charge in [0.05, 0.1) is 32.5 Å². The predicted octanol–water partition coefficient (Wildman–Crippen LogP) is 6.33. The van der Waals surface area contributed by atoms with Crippen LogP contribution in [-0.4, -0.2) is 57.7 Å². The zero-order valence-electron chi connectivity index (χ0n) is 24.5. The first-order valence-corrected chi connectivity index (χ1v) is 16.4. The molecule has 0 aliphatic carbocycles. The van der Waals surface area contributed by atoms with Crippen LogP contribution in [0.5, 0.6) is 5.75 Å². The number of ether oxygens (including phenoxy) is 5. The molecule has 1 aromatic rings. The number of hydrogen-bond acceptors (Lipinski definition) is 7. The van der Waals surface area contributed by atoms with Gasteiger partial charge in [0.2, 0.25) is 0 Å². The van der Waals surface area contributed by atoms with E-state index in [9.17, 15) is 4.79 Å². The van der Waals surface area contributed by atoms with Crippen LogP contribution >= 0.6 is 0 Å². The molecule has 8 heteroatoms. The number of esters is 1. The maximum atomic E-state index is 11.7. The van der Waals surface area contributed by atoms with Gasteiger partial charge in [0.15, 0.2) is 14.1 Å². The maximum absolute atomic E-state index is 11.7. The summed E-state index contributed by atoms with van der Waals surface area (Å²) < 4.78 is 36.5. The number of rotatable bonds is 11. The third kappa shape index (κ3) is 8.26. The highest BCUT2D eigenvalue weighted by molar-refractivity contribution is 6.74. The van der Waals surface area contributed by atoms with Crippen LogP contribution in [0.15, 0.2) is 48.6 Å². The van der Waals surface area contributed by atoms with Gasteiger partial charge in [-0.3, -0.25) is 0 Å². The van der Waals surface area contributed by atoms with Crippen LogP contribution in [0.3, 0.4) is 0 Å². The zero-order valence-corrected chi connectivity index (χ0v) is 25.5. The second kappa shape index (κ2) is 12.0. The Labute approximate surface area is 229 Å². The lowest BCUT2D eigenvalue weighted by atomic mass is 9.93. The SMILES string of the molecule is COc1ccc(COC[C@@H](C[C@H]2OC(C)(C)O[C@]2(C)/C=C/[C@H]2CC=CC(=O)O2)O[Si](C)(C)C(C)(C)C)cc1. The summed E-state index contributed by atoms with van der Waals surface area (Å²) in [6.45, 7) is 18.0. The van der Waals surface area contributed by atoms with E-state index >= 15 is 0 Å². The molecule has 0 radical (unpaired) electrons. The van der Waals surface area contributed by atoms with E-state index in [1.54, 1.807) is 7.11 Å². The molecule has 0 amide bonds. The van der Waals surface area contributed by atoms with E-state index in [1.807, 2.05) is 63.3 Å². The quantitative estimate of drug-likeness (QED) is 0.182. The lowest BCUT2D eigenvalue weighted by molar-refractivity contribution is -0.155. The van der Waals surface area contributed by atoms with Gasteiger partial charge in [-0.2, -0.15) is 0 Å². The molecule has 1 saturated heterocycles. The summed E-state index contributed by atoms with van der Waals surface area (Å²) in [5, 5.41) is 0.0507. The van der Waals surface area contributed by atoms with E-state index < -0.39 is 19.7 Å². The van der Waals surface area contributed by atoms with E-state index in [4.69, 9.17) is 28.1 Å². The predicted molar refractivity (Wildman–Crippen MR) is 151 cm³/mol. The van der Waals surface area contributed by atoms with Gasteiger partial charge in [-0.25, -0.2) is 4.79 Å². The first kappa shape index (κ1) is 30.6. The van der Waals surface area contributed by atoms with Crippen molar-refractivity contribution in [2.45, 2.75) is 109 Å². The monoisotopic (exact) mass is 546 g/mol. The minimum atomic E-state index is -2.09. The van der Waals surface area contributed by atoms with Crippen LogP contribution < -0.4 is 4.74 Å². The average molecular weight is 547 g/mol. The first-order chi connectivity index (χ1) is 17.6. The van der Waals surface area contributed by atoms with Crippen LogP contribution in [0, 0.1) is 0 Å². The van der Waals surface area contributed by atoms with E-state index in [0.29, 0.717) is 26.1 Å². The van der Waals surface area contributed by atoms with Gasteiger partial charge in [-0.15, -0.1) is 0 Å². The standard InChI is InChI=1S/C30H46O7Si/c1-28(2,3)38(8,9)36-25(21-33-20-22-13-15-23(32-7)16-14-22)19-26-30(6,37-29(4,5)35-26)18-17-24-11-10-12-27(31)34-24/h10,12-18,24-26H,11,19-21H2,1-9H3/b18-17+/t24-,25-,26-,30-/m1/s1. The van der Waals surface area contributed by atoms with Gasteiger partial charge in [-0.05, 0) is 62.7 Å². The smallest absolute Gasteiger partial charge is 0.331 e. The summed E-state index contributed by atoms with van der Waals surface area (Å²) in [6, 6.07) is 7.89. The number of cyclic esters (lactones) is 1. The summed E-state index contributed by atoms with van der Waals surface area (Å²) in [4.78, 5) is 11.7. The summed E-state index contributed by atoms with van der Waals surface area (Å²) in [5.74, 6) is -0.271. The fourth-order valence-corrected chi connectivity index (χ4v) is 5.82. The van der Waals surface area contributed by atoms with Crippen molar-refractivity contribution in [3.05, 3.63) is 54.1 Å². The van der Waals surface area contributed by atoms with Crippen molar-refractivity contribution < 1.29 is 32.9 Å². The van der Waals surface area contributed by atoms with Gasteiger partial charge >= 0.3 is 5.97 Å². The molecular weight excluding hydrogens is 500 g/mol. The molecule has 212 valence electrons. The van der Waals surface area contributed by atoms with Crippen molar-refractivity contribution in [1.82, 2.24) is 0 Å². The fraction of sp³-hybridized carbons (Fsp3) is 0.633. The third-order valence-electron chi connectivity index (χ3n) is 7.54. The van der Waals surface area contributed by atoms with Crippen molar-refractivity contribution in [1.29, 1.82) is 0 Å². The maximum Gasteiger partial charge on any atom is 0.331 e. The van der Waals surface area contributed by atoms with Crippen molar-refractivity contribution in [3.63, 3.8) is 0 Å². The molecule has 2 aliphatic rings. The van der Waals surface area contributed by atoms with Gasteiger partial charge in [0.1, 0.15) is 17.5 Å². The van der Waals surface area contributed by atoms with Crippen molar-refractivity contribution in [2.24, 2.45) is 0 Å². The Morgan fingerprint density at radius 3 is 2.45 bits per heavy atom. The normalized spacial score (nSPS) is 26.5. The summed E-state index contributed by atoms with van der Waals surface area (Å²) in [6.07, 6.45) is 7.65. The molecule has 38 heavy (non-hydrogen) atoms. The number of hydrogen-bond donors (Lipinski definition) is 0. The second-order valence-corrected chi connectivity index (χ2v) is 17.1. The Balaban J connectivity index is 1.75. The van der Waals surface area contributed by atoms with Gasteiger partial charge < -0.3 is 28.1 Å². The van der Waals surface area contributed by atoms with Gasteiger partial charge in [0.25, 0.3) is 0 Å². The molecule has 1 aromatic carbocycles. The summed E-state index contributed by atoms with van der Waals surface area (Å²) in [5.41, 5.74) is 0.351. The molecule has 4 atom stereocenters. The van der Waals surface area contributed by atoms with Crippen LogP contribution in [0.25, 0.3) is 0 Å². The Morgan fingerprint density at radius 1 is 1.16 bits per heavy atom. The minimum Gasteiger partial charge on any atom is -0.497 e. The molecule has 2 aliphatic heterocycles. The number of carbonyl (C=O) groups is 1. The Kier molecular flexibility index (Phi) is 9.69. The van der Waals surface area contributed by atoms with Crippen LogP contribution in [0.2, 0.25) is 18.1 Å². The van der Waals surface area contributed by atoms with Crippen LogP contribution in [-0.2, 0) is 34.8 Å². The molecule has 7 nitrogen and oxygen atoms in total. The van der Waals surface area contributed by atoms with E-state index in [0.717, 1.165) is 11.3 Å². The topological polar surface area (TPSA) is 72.5 Å². The number of methoxy groups -OCH3 is 1. The van der Waals surface area contributed by atoms with Gasteiger partial charge in [-0.1, -0.05) is 45.1 Å². The highest BCUT2D eigenvalue weighted by Gasteiger charge is 2.50. The highest BCUT2D eigenvalue weighted by Crippen LogP contribution is 2.42. The molecule has 0 saturated carbocycles.